The van der Waals surface area contributed by atoms with Crippen molar-refractivity contribution >= 4 is 70.1 Å². The van der Waals surface area contributed by atoms with Crippen LogP contribution in [0.15, 0.2) is 176 Å². The standard InChI is InChI=1S/C47H35NS/c1-47(2,36-15-7-4-8-16-36)37-24-27-38(28-25-37)48(39-17-11-14-35(30-39)32-12-5-3-6-13-32)40-26-22-33-20-21-34-23-29-42-41-18-9-10-19-44(41)49-46(42)45(34)43(33)31-40/h3-31H,1-2H3. The highest BCUT2D eigenvalue weighted by Gasteiger charge is 2.24. The van der Waals surface area contributed by atoms with Crippen LogP contribution in [0.3, 0.4) is 0 Å². The van der Waals surface area contributed by atoms with E-state index in [1.54, 1.807) is 0 Å². The number of anilines is 3. The third-order valence-corrected chi connectivity index (χ3v) is 11.3. The zero-order valence-electron chi connectivity index (χ0n) is 27.6. The summed E-state index contributed by atoms with van der Waals surface area (Å²) in [5, 5.41) is 7.78. The molecular formula is C47H35NS. The largest absolute Gasteiger partial charge is 0.310 e. The lowest BCUT2D eigenvalue weighted by Gasteiger charge is -2.29. The van der Waals surface area contributed by atoms with Gasteiger partial charge in [0.25, 0.3) is 0 Å². The van der Waals surface area contributed by atoms with Crippen LogP contribution in [0.4, 0.5) is 17.1 Å². The molecule has 1 heterocycles. The van der Waals surface area contributed by atoms with Gasteiger partial charge in [0, 0.05) is 48.0 Å². The Bertz CT molecular complexity index is 2620. The first kappa shape index (κ1) is 29.4. The molecule has 0 saturated carbocycles. The quantitative estimate of drug-likeness (QED) is 0.163. The summed E-state index contributed by atoms with van der Waals surface area (Å²) in [4.78, 5) is 2.41. The van der Waals surface area contributed by atoms with Gasteiger partial charge < -0.3 is 4.90 Å². The number of fused-ring (bicyclic) bond motifs is 7. The minimum absolute atomic E-state index is 0.116. The highest BCUT2D eigenvalue weighted by Crippen LogP contribution is 2.44. The normalized spacial score (nSPS) is 11.9. The predicted molar refractivity (Wildman–Crippen MR) is 213 cm³/mol. The first-order valence-electron chi connectivity index (χ1n) is 16.9. The van der Waals surface area contributed by atoms with Crippen LogP contribution in [0.1, 0.15) is 25.0 Å². The maximum atomic E-state index is 2.41. The fourth-order valence-electron chi connectivity index (χ4n) is 7.40. The van der Waals surface area contributed by atoms with Crippen LogP contribution >= 0.6 is 11.3 Å². The fraction of sp³-hybridized carbons (Fsp3) is 0.0638. The molecule has 1 aromatic heterocycles. The Morgan fingerprint density at radius 3 is 1.86 bits per heavy atom. The molecule has 9 aromatic rings. The SMILES string of the molecule is CC(C)(c1ccccc1)c1ccc(N(c2cccc(-c3ccccc3)c2)c2ccc3ccc4ccc5c6ccccc6sc5c4c3c2)cc1. The first-order valence-corrected chi connectivity index (χ1v) is 17.7. The van der Waals surface area contributed by atoms with E-state index in [1.807, 2.05) is 11.3 Å². The van der Waals surface area contributed by atoms with Gasteiger partial charge in [-0.2, -0.15) is 0 Å². The third kappa shape index (κ3) is 5.08. The molecule has 0 radical (unpaired) electrons. The summed E-state index contributed by atoms with van der Waals surface area (Å²) < 4.78 is 2.68. The van der Waals surface area contributed by atoms with E-state index in [9.17, 15) is 0 Å². The number of thiophene rings is 1. The van der Waals surface area contributed by atoms with Crippen LogP contribution < -0.4 is 4.90 Å². The predicted octanol–water partition coefficient (Wildman–Crippen LogP) is 13.8. The highest BCUT2D eigenvalue weighted by atomic mass is 32.1. The van der Waals surface area contributed by atoms with Crippen LogP contribution in [-0.2, 0) is 5.41 Å². The van der Waals surface area contributed by atoms with Gasteiger partial charge >= 0.3 is 0 Å². The molecule has 0 aliphatic rings. The smallest absolute Gasteiger partial charge is 0.0468 e. The van der Waals surface area contributed by atoms with Crippen molar-refractivity contribution < 1.29 is 0 Å². The molecule has 49 heavy (non-hydrogen) atoms. The van der Waals surface area contributed by atoms with E-state index in [2.05, 4.69) is 195 Å². The summed E-state index contributed by atoms with van der Waals surface area (Å²) in [6.07, 6.45) is 0. The van der Waals surface area contributed by atoms with Crippen LogP contribution in [-0.4, -0.2) is 0 Å². The molecular weight excluding hydrogens is 611 g/mol. The summed E-state index contributed by atoms with van der Waals surface area (Å²) in [6.45, 7) is 4.61. The van der Waals surface area contributed by atoms with Gasteiger partial charge in [-0.15, -0.1) is 11.3 Å². The number of benzene rings is 8. The topological polar surface area (TPSA) is 3.24 Å². The Kier molecular flexibility index (Phi) is 7.07. The average molecular weight is 646 g/mol. The summed E-state index contributed by atoms with van der Waals surface area (Å²) in [6, 6.07) is 64.4. The van der Waals surface area contributed by atoms with Crippen molar-refractivity contribution in [3.63, 3.8) is 0 Å². The van der Waals surface area contributed by atoms with E-state index in [-0.39, 0.29) is 5.41 Å². The molecule has 0 bridgehead atoms. The second kappa shape index (κ2) is 11.8. The lowest BCUT2D eigenvalue weighted by molar-refractivity contribution is 0.641. The van der Waals surface area contributed by atoms with Crippen molar-refractivity contribution in [2.45, 2.75) is 19.3 Å². The molecule has 1 nitrogen and oxygen atoms in total. The van der Waals surface area contributed by atoms with E-state index in [0.717, 1.165) is 17.1 Å². The molecule has 9 rings (SSSR count). The number of nitrogens with zero attached hydrogens (tertiary/aromatic N) is 1. The van der Waals surface area contributed by atoms with Crippen LogP contribution in [0, 0.1) is 0 Å². The van der Waals surface area contributed by atoms with Gasteiger partial charge in [0.2, 0.25) is 0 Å². The lowest BCUT2D eigenvalue weighted by Crippen LogP contribution is -2.19. The second-order valence-corrected chi connectivity index (χ2v) is 14.5. The maximum absolute atomic E-state index is 2.41. The van der Waals surface area contributed by atoms with Crippen molar-refractivity contribution in [1.29, 1.82) is 0 Å². The molecule has 0 atom stereocenters. The molecule has 0 saturated heterocycles. The molecule has 0 fully saturated rings. The summed E-state index contributed by atoms with van der Waals surface area (Å²) in [7, 11) is 0. The van der Waals surface area contributed by atoms with Gasteiger partial charge in [-0.05, 0) is 80.9 Å². The number of hydrogen-bond donors (Lipinski definition) is 0. The maximum Gasteiger partial charge on any atom is 0.0468 e. The first-order chi connectivity index (χ1) is 24.0. The van der Waals surface area contributed by atoms with E-state index < -0.39 is 0 Å². The summed E-state index contributed by atoms with van der Waals surface area (Å²) >= 11 is 1.90. The molecule has 0 spiro atoms. The lowest BCUT2D eigenvalue weighted by atomic mass is 9.78. The molecule has 2 heteroatoms. The van der Waals surface area contributed by atoms with Crippen LogP contribution in [0.2, 0.25) is 0 Å². The van der Waals surface area contributed by atoms with Crippen LogP contribution in [0.5, 0.6) is 0 Å². The third-order valence-electron chi connectivity index (χ3n) is 10.1. The van der Waals surface area contributed by atoms with E-state index >= 15 is 0 Å². The Morgan fingerprint density at radius 2 is 1.04 bits per heavy atom. The van der Waals surface area contributed by atoms with E-state index in [1.165, 1.54) is 64.0 Å². The number of hydrogen-bond acceptors (Lipinski definition) is 2. The molecule has 8 aromatic carbocycles. The molecule has 0 amide bonds. The average Bonchev–Trinajstić information content (AvgIpc) is 3.55. The zero-order chi connectivity index (χ0) is 33.0. The highest BCUT2D eigenvalue weighted by molar-refractivity contribution is 7.26. The number of rotatable bonds is 6. The van der Waals surface area contributed by atoms with Gasteiger partial charge in [0.15, 0.2) is 0 Å². The van der Waals surface area contributed by atoms with E-state index in [0.29, 0.717) is 0 Å². The second-order valence-electron chi connectivity index (χ2n) is 13.4. The monoisotopic (exact) mass is 645 g/mol. The molecule has 234 valence electrons. The minimum atomic E-state index is -0.116. The molecule has 0 N–H and O–H groups in total. The van der Waals surface area contributed by atoms with Crippen molar-refractivity contribution in [3.8, 4) is 11.1 Å². The Morgan fingerprint density at radius 1 is 0.429 bits per heavy atom. The van der Waals surface area contributed by atoms with Crippen LogP contribution in [0.25, 0.3) is 52.8 Å². The van der Waals surface area contributed by atoms with Crippen molar-refractivity contribution in [2.75, 3.05) is 4.90 Å². The van der Waals surface area contributed by atoms with Gasteiger partial charge in [-0.25, -0.2) is 0 Å². The van der Waals surface area contributed by atoms with Crippen molar-refractivity contribution in [2.24, 2.45) is 0 Å². The zero-order valence-corrected chi connectivity index (χ0v) is 28.4. The molecule has 0 unspecified atom stereocenters. The molecule has 0 aliphatic heterocycles. The van der Waals surface area contributed by atoms with Gasteiger partial charge in [-0.1, -0.05) is 147 Å². The van der Waals surface area contributed by atoms with Crippen molar-refractivity contribution in [1.82, 2.24) is 0 Å². The Labute approximate surface area is 291 Å². The van der Waals surface area contributed by atoms with Gasteiger partial charge in [0.1, 0.15) is 0 Å². The Hall–Kier alpha value is -5.70. The summed E-state index contributed by atoms with van der Waals surface area (Å²) in [5.41, 5.74) is 8.28. The van der Waals surface area contributed by atoms with Gasteiger partial charge in [0.05, 0.1) is 0 Å². The van der Waals surface area contributed by atoms with E-state index in [4.69, 9.17) is 0 Å². The van der Waals surface area contributed by atoms with Crippen molar-refractivity contribution in [3.05, 3.63) is 187 Å². The Balaban J connectivity index is 1.25. The minimum Gasteiger partial charge on any atom is -0.310 e. The van der Waals surface area contributed by atoms with Gasteiger partial charge in [-0.3, -0.25) is 0 Å². The summed E-state index contributed by atoms with van der Waals surface area (Å²) in [5.74, 6) is 0. The molecule has 0 aliphatic carbocycles. The fourth-order valence-corrected chi connectivity index (χ4v) is 8.67.